The summed E-state index contributed by atoms with van der Waals surface area (Å²) in [5.74, 6) is 1.41. The van der Waals surface area contributed by atoms with Gasteiger partial charge in [0.25, 0.3) is 0 Å². The van der Waals surface area contributed by atoms with E-state index in [4.69, 9.17) is 4.74 Å². The van der Waals surface area contributed by atoms with Crippen LogP contribution in [-0.4, -0.2) is 55.3 Å². The highest BCUT2D eigenvalue weighted by Crippen LogP contribution is 2.19. The summed E-state index contributed by atoms with van der Waals surface area (Å²) in [4.78, 5) is 18.4. The zero-order chi connectivity index (χ0) is 16.6. The Hall–Kier alpha value is -0.730. The fourth-order valence-electron chi connectivity index (χ4n) is 2.35. The van der Waals surface area contributed by atoms with Crippen molar-refractivity contribution >= 4 is 36.0 Å². The van der Waals surface area contributed by atoms with Gasteiger partial charge in [-0.1, -0.05) is 0 Å². The van der Waals surface area contributed by atoms with Crippen molar-refractivity contribution in [3.05, 3.63) is 0 Å². The highest BCUT2D eigenvalue weighted by molar-refractivity contribution is 14.0. The molecule has 0 bridgehead atoms. The van der Waals surface area contributed by atoms with Gasteiger partial charge in [-0.3, -0.25) is 4.99 Å². The smallest absolute Gasteiger partial charge is 0.410 e. The van der Waals surface area contributed by atoms with Crippen LogP contribution in [-0.2, 0) is 4.74 Å². The van der Waals surface area contributed by atoms with E-state index in [1.54, 1.807) is 4.90 Å². The average molecular weight is 440 g/mol. The van der Waals surface area contributed by atoms with Gasteiger partial charge in [0.2, 0.25) is 0 Å². The van der Waals surface area contributed by atoms with Gasteiger partial charge >= 0.3 is 6.09 Å². The number of amides is 1. The van der Waals surface area contributed by atoms with E-state index in [-0.39, 0.29) is 30.1 Å². The Morgan fingerprint density at radius 3 is 2.13 bits per heavy atom. The molecular weight excluding hydrogens is 407 g/mol. The molecule has 136 valence electrons. The maximum Gasteiger partial charge on any atom is 0.410 e. The maximum atomic E-state index is 12.0. The van der Waals surface area contributed by atoms with Crippen molar-refractivity contribution in [2.45, 2.75) is 53.1 Å². The number of piperidine rings is 1. The van der Waals surface area contributed by atoms with Crippen LogP contribution in [0.2, 0.25) is 0 Å². The summed E-state index contributed by atoms with van der Waals surface area (Å²) < 4.78 is 5.41. The lowest BCUT2D eigenvalue weighted by atomic mass is 9.97. The third-order valence-electron chi connectivity index (χ3n) is 3.46. The van der Waals surface area contributed by atoms with Gasteiger partial charge in [-0.05, 0) is 53.4 Å². The Bertz CT molecular complexity index is 367. The number of likely N-dealkylation sites (tertiary alicyclic amines) is 1. The Morgan fingerprint density at radius 1 is 1.17 bits per heavy atom. The van der Waals surface area contributed by atoms with Crippen LogP contribution in [0.5, 0.6) is 0 Å². The van der Waals surface area contributed by atoms with Crippen molar-refractivity contribution in [2.24, 2.45) is 10.9 Å². The molecule has 1 fully saturated rings. The Kier molecular flexibility index (Phi) is 10.6. The topological polar surface area (TPSA) is 66.0 Å². The number of aliphatic imine (C=N–C) groups is 1. The van der Waals surface area contributed by atoms with Crippen LogP contribution in [0.3, 0.4) is 0 Å². The van der Waals surface area contributed by atoms with Gasteiger partial charge in [0.05, 0.1) is 0 Å². The van der Waals surface area contributed by atoms with Gasteiger partial charge in [-0.2, -0.15) is 0 Å². The molecule has 0 spiro atoms. The minimum atomic E-state index is -0.426. The van der Waals surface area contributed by atoms with E-state index in [1.807, 2.05) is 20.8 Å². The van der Waals surface area contributed by atoms with Gasteiger partial charge in [-0.25, -0.2) is 4.79 Å². The fraction of sp³-hybridized carbons (Fsp3) is 0.875. The molecular formula is C16H33IN4O2. The fourth-order valence-corrected chi connectivity index (χ4v) is 2.35. The first-order valence-electron chi connectivity index (χ1n) is 8.35. The summed E-state index contributed by atoms with van der Waals surface area (Å²) in [7, 11) is 0. The zero-order valence-electron chi connectivity index (χ0n) is 15.1. The van der Waals surface area contributed by atoms with Crippen LogP contribution in [0.1, 0.15) is 47.5 Å². The molecule has 0 atom stereocenters. The minimum Gasteiger partial charge on any atom is -0.444 e. The van der Waals surface area contributed by atoms with E-state index < -0.39 is 5.60 Å². The number of rotatable bonds is 4. The van der Waals surface area contributed by atoms with Crippen LogP contribution in [0, 0.1) is 5.92 Å². The molecule has 0 unspecified atom stereocenters. The molecule has 7 heteroatoms. The summed E-state index contributed by atoms with van der Waals surface area (Å²) >= 11 is 0. The first-order valence-corrected chi connectivity index (χ1v) is 8.35. The summed E-state index contributed by atoms with van der Waals surface area (Å²) in [5, 5.41) is 6.46. The first-order chi connectivity index (χ1) is 10.4. The third-order valence-corrected chi connectivity index (χ3v) is 3.46. The third kappa shape index (κ3) is 9.22. The van der Waals surface area contributed by atoms with Crippen molar-refractivity contribution in [1.29, 1.82) is 0 Å². The average Bonchev–Trinajstić information content (AvgIpc) is 2.44. The molecule has 0 aromatic rings. The van der Waals surface area contributed by atoms with Gasteiger partial charge in [-0.15, -0.1) is 24.0 Å². The Labute approximate surface area is 157 Å². The van der Waals surface area contributed by atoms with Crippen LogP contribution in [0.4, 0.5) is 4.79 Å². The number of hydrogen-bond acceptors (Lipinski definition) is 3. The van der Waals surface area contributed by atoms with E-state index >= 15 is 0 Å². The van der Waals surface area contributed by atoms with Crippen molar-refractivity contribution in [3.8, 4) is 0 Å². The minimum absolute atomic E-state index is 0. The molecule has 0 aliphatic carbocycles. The number of ether oxygens (including phenoxy) is 1. The predicted octanol–water partition coefficient (Wildman–Crippen LogP) is 2.83. The molecule has 0 aromatic carbocycles. The van der Waals surface area contributed by atoms with E-state index in [2.05, 4.69) is 29.5 Å². The van der Waals surface area contributed by atoms with Gasteiger partial charge in [0, 0.05) is 32.7 Å². The molecule has 0 saturated carbocycles. The molecule has 2 N–H and O–H groups in total. The second-order valence-electron chi connectivity index (χ2n) is 6.66. The summed E-state index contributed by atoms with van der Waals surface area (Å²) in [6, 6.07) is 0. The predicted molar refractivity (Wildman–Crippen MR) is 106 cm³/mol. The molecule has 1 rings (SSSR count). The van der Waals surface area contributed by atoms with Crippen molar-refractivity contribution in [2.75, 3.05) is 32.7 Å². The first kappa shape index (κ1) is 22.3. The molecule has 1 heterocycles. The van der Waals surface area contributed by atoms with Crippen LogP contribution in [0.25, 0.3) is 0 Å². The number of hydrogen-bond donors (Lipinski definition) is 2. The van der Waals surface area contributed by atoms with E-state index in [1.165, 1.54) is 0 Å². The number of nitrogens with zero attached hydrogens (tertiary/aromatic N) is 2. The van der Waals surface area contributed by atoms with Crippen molar-refractivity contribution in [3.63, 3.8) is 0 Å². The molecule has 0 radical (unpaired) electrons. The van der Waals surface area contributed by atoms with Crippen molar-refractivity contribution < 1.29 is 9.53 Å². The zero-order valence-corrected chi connectivity index (χ0v) is 17.5. The number of halogens is 1. The van der Waals surface area contributed by atoms with Gasteiger partial charge in [0.15, 0.2) is 5.96 Å². The summed E-state index contributed by atoms with van der Waals surface area (Å²) in [6.07, 6.45) is 1.76. The van der Waals surface area contributed by atoms with E-state index in [0.717, 1.165) is 51.5 Å². The normalized spacial score (nSPS) is 15.4. The molecule has 1 saturated heterocycles. The quantitative estimate of drug-likeness (QED) is 0.401. The number of nitrogens with one attached hydrogen (secondary N) is 2. The number of carbonyl (C=O) groups is 1. The van der Waals surface area contributed by atoms with Gasteiger partial charge in [0.1, 0.15) is 5.60 Å². The Balaban J connectivity index is 0.00000484. The van der Waals surface area contributed by atoms with Crippen LogP contribution < -0.4 is 10.6 Å². The number of carbonyl (C=O) groups excluding carboxylic acids is 1. The Morgan fingerprint density at radius 2 is 1.70 bits per heavy atom. The lowest BCUT2D eigenvalue weighted by molar-refractivity contribution is 0.0187. The van der Waals surface area contributed by atoms with E-state index in [9.17, 15) is 4.79 Å². The molecule has 23 heavy (non-hydrogen) atoms. The lowest BCUT2D eigenvalue weighted by Gasteiger charge is -2.33. The SMILES string of the molecule is CCNC(=NCC1CCN(C(=O)OC(C)(C)C)CC1)NCC.I. The largest absolute Gasteiger partial charge is 0.444 e. The van der Waals surface area contributed by atoms with Crippen LogP contribution in [0.15, 0.2) is 4.99 Å². The summed E-state index contributed by atoms with van der Waals surface area (Å²) in [6.45, 7) is 13.9. The molecule has 6 nitrogen and oxygen atoms in total. The molecule has 1 aliphatic heterocycles. The maximum absolute atomic E-state index is 12.0. The van der Waals surface area contributed by atoms with Crippen molar-refractivity contribution in [1.82, 2.24) is 15.5 Å². The lowest BCUT2D eigenvalue weighted by Crippen LogP contribution is -2.42. The monoisotopic (exact) mass is 440 g/mol. The van der Waals surface area contributed by atoms with Crippen LogP contribution >= 0.6 is 24.0 Å². The molecule has 0 aromatic heterocycles. The second-order valence-corrected chi connectivity index (χ2v) is 6.66. The molecule has 1 amide bonds. The van der Waals surface area contributed by atoms with E-state index in [0.29, 0.717) is 5.92 Å². The highest BCUT2D eigenvalue weighted by atomic mass is 127. The highest BCUT2D eigenvalue weighted by Gasteiger charge is 2.26. The molecule has 1 aliphatic rings. The summed E-state index contributed by atoms with van der Waals surface area (Å²) in [5.41, 5.74) is -0.426. The standard InChI is InChI=1S/C16H32N4O2.HI/c1-6-17-14(18-7-2)19-12-13-8-10-20(11-9-13)15(21)22-16(3,4)5;/h13H,6-12H2,1-5H3,(H2,17,18,19);1H. The second kappa shape index (κ2) is 10.9. The number of guanidine groups is 1. The van der Waals surface area contributed by atoms with Gasteiger partial charge < -0.3 is 20.3 Å².